The van der Waals surface area contributed by atoms with Crippen LogP contribution in [0.2, 0.25) is 5.02 Å². The highest BCUT2D eigenvalue weighted by atomic mass is 35.5. The van der Waals surface area contributed by atoms with Crippen LogP contribution in [0.25, 0.3) is 0 Å². The van der Waals surface area contributed by atoms with Gasteiger partial charge in [0, 0.05) is 11.4 Å². The number of anilines is 2. The number of nitriles is 1. The van der Waals surface area contributed by atoms with Gasteiger partial charge in [0.25, 0.3) is 5.91 Å². The number of benzene rings is 2. The standard InChI is InChI=1S/C28H22ClF3N4O4S/c1-15-24(26(38)36-21-12-16(28(30,31)32)5-10-20(21)29)25(22-4-3-11-40-22)19(13-33)27(34-15)41-14-23(37)35-17-6-8-18(39-2)9-7-17/h3-12,25,34H,14H2,1-2H3,(H,35,37)(H,36,38). The fourth-order valence-corrected chi connectivity index (χ4v) is 5.12. The third kappa shape index (κ3) is 6.87. The Labute approximate surface area is 242 Å². The maximum atomic E-state index is 13.5. The van der Waals surface area contributed by atoms with E-state index in [2.05, 4.69) is 22.0 Å². The Morgan fingerprint density at radius 2 is 1.90 bits per heavy atom. The van der Waals surface area contributed by atoms with Crippen LogP contribution < -0.4 is 20.7 Å². The molecule has 1 unspecified atom stereocenters. The van der Waals surface area contributed by atoms with E-state index in [4.69, 9.17) is 20.8 Å². The highest BCUT2D eigenvalue weighted by Gasteiger charge is 2.37. The van der Waals surface area contributed by atoms with Crippen molar-refractivity contribution in [1.29, 1.82) is 5.26 Å². The fourth-order valence-electron chi connectivity index (χ4n) is 4.06. The Balaban J connectivity index is 1.59. The molecule has 1 atom stereocenters. The number of furan rings is 1. The average Bonchev–Trinajstić information content (AvgIpc) is 3.47. The molecule has 1 aromatic heterocycles. The lowest BCUT2D eigenvalue weighted by atomic mass is 9.85. The predicted octanol–water partition coefficient (Wildman–Crippen LogP) is 6.67. The van der Waals surface area contributed by atoms with Crippen molar-refractivity contribution in [1.82, 2.24) is 5.32 Å². The van der Waals surface area contributed by atoms with Crippen LogP contribution in [0.4, 0.5) is 24.5 Å². The van der Waals surface area contributed by atoms with Crippen LogP contribution in [0.1, 0.15) is 24.2 Å². The van der Waals surface area contributed by atoms with Gasteiger partial charge in [0.15, 0.2) is 0 Å². The van der Waals surface area contributed by atoms with E-state index in [1.54, 1.807) is 43.3 Å². The Morgan fingerprint density at radius 3 is 2.51 bits per heavy atom. The number of alkyl halides is 3. The van der Waals surface area contributed by atoms with Crippen molar-refractivity contribution >= 4 is 46.6 Å². The van der Waals surface area contributed by atoms with Gasteiger partial charge in [-0.05, 0) is 61.5 Å². The molecule has 0 saturated heterocycles. The van der Waals surface area contributed by atoms with E-state index in [-0.39, 0.29) is 39.3 Å². The van der Waals surface area contributed by atoms with Gasteiger partial charge in [0.2, 0.25) is 5.91 Å². The van der Waals surface area contributed by atoms with Crippen LogP contribution in [0.5, 0.6) is 5.75 Å². The third-order valence-corrected chi connectivity index (χ3v) is 7.33. The zero-order valence-electron chi connectivity index (χ0n) is 21.6. The molecule has 4 rings (SSSR count). The summed E-state index contributed by atoms with van der Waals surface area (Å²) in [5.41, 5.74) is -0.243. The van der Waals surface area contributed by atoms with E-state index in [1.807, 2.05) is 0 Å². The highest BCUT2D eigenvalue weighted by Crippen LogP contribution is 2.42. The van der Waals surface area contributed by atoms with Crippen molar-refractivity contribution in [3.63, 3.8) is 0 Å². The quantitative estimate of drug-likeness (QED) is 0.264. The maximum absolute atomic E-state index is 13.5. The molecule has 0 aliphatic carbocycles. The number of ether oxygens (including phenoxy) is 1. The molecule has 13 heteroatoms. The number of thioether (sulfide) groups is 1. The van der Waals surface area contributed by atoms with Crippen molar-refractivity contribution in [3.8, 4) is 11.8 Å². The van der Waals surface area contributed by atoms with E-state index in [0.717, 1.165) is 30.0 Å². The summed E-state index contributed by atoms with van der Waals surface area (Å²) in [6, 6.07) is 14.6. The maximum Gasteiger partial charge on any atom is 0.416 e. The van der Waals surface area contributed by atoms with Gasteiger partial charge in [-0.25, -0.2) is 0 Å². The Morgan fingerprint density at radius 1 is 1.17 bits per heavy atom. The largest absolute Gasteiger partial charge is 0.497 e. The molecule has 3 N–H and O–H groups in total. The summed E-state index contributed by atoms with van der Waals surface area (Å²) < 4.78 is 50.4. The first-order valence-corrected chi connectivity index (χ1v) is 13.3. The summed E-state index contributed by atoms with van der Waals surface area (Å²) in [4.78, 5) is 26.1. The number of hydrogen-bond acceptors (Lipinski definition) is 7. The topological polar surface area (TPSA) is 116 Å². The van der Waals surface area contributed by atoms with Crippen molar-refractivity contribution in [2.75, 3.05) is 23.5 Å². The normalized spacial score (nSPS) is 15.2. The van der Waals surface area contributed by atoms with Gasteiger partial charge in [-0.3, -0.25) is 9.59 Å². The van der Waals surface area contributed by atoms with Crippen molar-refractivity contribution in [2.24, 2.45) is 0 Å². The van der Waals surface area contributed by atoms with Crippen LogP contribution in [0.3, 0.4) is 0 Å². The number of nitrogens with one attached hydrogen (secondary N) is 3. The van der Waals surface area contributed by atoms with E-state index in [0.29, 0.717) is 22.2 Å². The van der Waals surface area contributed by atoms with Gasteiger partial charge in [0.05, 0.1) is 63.6 Å². The zero-order chi connectivity index (χ0) is 29.7. The Bertz CT molecular complexity index is 1560. The molecule has 0 radical (unpaired) electrons. The number of carbonyl (C=O) groups excluding carboxylic acids is 2. The van der Waals surface area contributed by atoms with Crippen molar-refractivity contribution in [3.05, 3.63) is 99.1 Å². The number of rotatable bonds is 8. The summed E-state index contributed by atoms with van der Waals surface area (Å²) in [7, 11) is 1.53. The van der Waals surface area contributed by atoms with E-state index in [1.165, 1.54) is 13.4 Å². The average molecular weight is 603 g/mol. The first-order valence-electron chi connectivity index (χ1n) is 11.9. The van der Waals surface area contributed by atoms with E-state index in [9.17, 15) is 28.0 Å². The van der Waals surface area contributed by atoms with E-state index < -0.39 is 23.6 Å². The number of halogens is 4. The molecule has 0 saturated carbocycles. The summed E-state index contributed by atoms with van der Waals surface area (Å²) in [6.07, 6.45) is -3.28. The lowest BCUT2D eigenvalue weighted by Gasteiger charge is -2.28. The minimum absolute atomic E-state index is 0.0389. The minimum Gasteiger partial charge on any atom is -0.497 e. The summed E-state index contributed by atoms with van der Waals surface area (Å²) in [5.74, 6) is -1.32. The molecule has 212 valence electrons. The molecule has 3 aromatic rings. The van der Waals surface area contributed by atoms with Gasteiger partial charge in [-0.1, -0.05) is 23.4 Å². The van der Waals surface area contributed by atoms with E-state index >= 15 is 0 Å². The number of allylic oxidation sites excluding steroid dienone is 2. The molecular weight excluding hydrogens is 581 g/mol. The number of hydrogen-bond donors (Lipinski definition) is 3. The Kier molecular flexibility index (Phi) is 9.00. The molecule has 0 spiro atoms. The number of carbonyl (C=O) groups is 2. The summed E-state index contributed by atoms with van der Waals surface area (Å²) in [5, 5.41) is 18.5. The number of amides is 2. The van der Waals surface area contributed by atoms with Crippen LogP contribution in [-0.4, -0.2) is 24.7 Å². The zero-order valence-corrected chi connectivity index (χ0v) is 23.1. The molecule has 2 amide bonds. The van der Waals surface area contributed by atoms with Gasteiger partial charge in [0.1, 0.15) is 11.5 Å². The highest BCUT2D eigenvalue weighted by molar-refractivity contribution is 8.03. The van der Waals surface area contributed by atoms with Gasteiger partial charge in [-0.15, -0.1) is 0 Å². The Hall–Kier alpha value is -4.34. The minimum atomic E-state index is -4.65. The predicted molar refractivity (Wildman–Crippen MR) is 149 cm³/mol. The molecule has 8 nitrogen and oxygen atoms in total. The number of methoxy groups -OCH3 is 1. The van der Waals surface area contributed by atoms with Crippen LogP contribution in [0.15, 0.2) is 87.1 Å². The summed E-state index contributed by atoms with van der Waals surface area (Å²) in [6.45, 7) is 1.57. The monoisotopic (exact) mass is 602 g/mol. The van der Waals surface area contributed by atoms with Gasteiger partial charge < -0.3 is 25.1 Å². The van der Waals surface area contributed by atoms with Crippen LogP contribution in [0, 0.1) is 11.3 Å². The summed E-state index contributed by atoms with van der Waals surface area (Å²) >= 11 is 7.13. The first kappa shape index (κ1) is 29.6. The number of dihydropyridines is 1. The molecule has 1 aliphatic heterocycles. The molecule has 0 fully saturated rings. The smallest absolute Gasteiger partial charge is 0.416 e. The second-order valence-corrected chi connectivity index (χ2v) is 10.1. The second kappa shape index (κ2) is 12.4. The molecule has 1 aliphatic rings. The lowest BCUT2D eigenvalue weighted by molar-refractivity contribution is -0.137. The van der Waals surface area contributed by atoms with Gasteiger partial charge >= 0.3 is 6.18 Å². The van der Waals surface area contributed by atoms with Crippen LogP contribution in [-0.2, 0) is 15.8 Å². The van der Waals surface area contributed by atoms with Crippen molar-refractivity contribution in [2.45, 2.75) is 19.0 Å². The molecule has 2 aromatic carbocycles. The second-order valence-electron chi connectivity index (χ2n) is 8.68. The number of nitrogens with zero attached hydrogens (tertiary/aromatic N) is 1. The van der Waals surface area contributed by atoms with Crippen molar-refractivity contribution < 1.29 is 31.9 Å². The molecular formula is C28H22ClF3N4O4S. The SMILES string of the molecule is COc1ccc(NC(=O)CSC2=C(C#N)C(c3ccco3)C(C(=O)Nc3cc(C(F)(F)F)ccc3Cl)=C(C)N2)cc1. The fraction of sp³-hybridized carbons (Fsp3) is 0.179. The van der Waals surface area contributed by atoms with Gasteiger partial charge in [-0.2, -0.15) is 18.4 Å². The third-order valence-electron chi connectivity index (χ3n) is 5.98. The van der Waals surface area contributed by atoms with Crippen LogP contribution >= 0.6 is 23.4 Å². The lowest BCUT2D eigenvalue weighted by Crippen LogP contribution is -2.31. The molecule has 2 heterocycles. The molecule has 41 heavy (non-hydrogen) atoms. The first-order chi connectivity index (χ1) is 19.5. The molecule has 0 bridgehead atoms.